The van der Waals surface area contributed by atoms with Crippen molar-refractivity contribution in [3.8, 4) is 11.8 Å². The van der Waals surface area contributed by atoms with Gasteiger partial charge in [0.25, 0.3) is 0 Å². The Morgan fingerprint density at radius 1 is 1.09 bits per heavy atom. The molecule has 0 radical (unpaired) electrons. The van der Waals surface area contributed by atoms with Crippen molar-refractivity contribution in [1.82, 2.24) is 19.7 Å². The first-order valence-corrected chi connectivity index (χ1v) is 11.1. The maximum absolute atomic E-state index is 12.5. The van der Waals surface area contributed by atoms with E-state index in [9.17, 15) is 4.79 Å². The molecule has 7 nitrogen and oxygen atoms in total. The molecule has 0 aliphatic rings. The van der Waals surface area contributed by atoms with Crippen LogP contribution in [0.25, 0.3) is 6.08 Å². The lowest BCUT2D eigenvalue weighted by Crippen LogP contribution is -2.09. The van der Waals surface area contributed by atoms with Crippen LogP contribution >= 0.6 is 11.6 Å². The molecule has 8 heteroatoms. The summed E-state index contributed by atoms with van der Waals surface area (Å²) >= 11 is 6.56. The van der Waals surface area contributed by atoms with Crippen LogP contribution in [0.1, 0.15) is 27.9 Å². The summed E-state index contributed by atoms with van der Waals surface area (Å²) in [7, 11) is 0. The van der Waals surface area contributed by atoms with E-state index in [1.165, 1.54) is 11.6 Å². The monoisotopic (exact) mass is 473 g/mol. The van der Waals surface area contributed by atoms with E-state index < -0.39 is 0 Å². The van der Waals surface area contributed by atoms with E-state index in [0.717, 1.165) is 16.8 Å². The van der Waals surface area contributed by atoms with E-state index in [0.29, 0.717) is 28.7 Å². The molecule has 0 atom stereocenters. The molecule has 2 heterocycles. The van der Waals surface area contributed by atoms with Gasteiger partial charge >= 0.3 is 6.01 Å². The van der Waals surface area contributed by atoms with Crippen molar-refractivity contribution in [2.45, 2.75) is 27.3 Å². The summed E-state index contributed by atoms with van der Waals surface area (Å²) in [6.07, 6.45) is 6.35. The predicted octanol–water partition coefficient (Wildman–Crippen LogP) is 5.74. The smallest absolute Gasteiger partial charge is 0.321 e. The molecule has 0 saturated heterocycles. The first-order chi connectivity index (χ1) is 16.4. The van der Waals surface area contributed by atoms with Gasteiger partial charge in [-0.15, -0.1) is 0 Å². The molecule has 1 N–H and O–H groups in total. The third-order valence-corrected chi connectivity index (χ3v) is 5.57. The molecule has 2 aromatic heterocycles. The summed E-state index contributed by atoms with van der Waals surface area (Å²) in [6, 6.07) is 15.5. The van der Waals surface area contributed by atoms with Gasteiger partial charge in [-0.05, 0) is 62.2 Å². The molecular formula is C26H24ClN5O2. The van der Waals surface area contributed by atoms with Crippen molar-refractivity contribution < 1.29 is 9.53 Å². The topological polar surface area (TPSA) is 81.9 Å². The minimum absolute atomic E-state index is 0.261. The second kappa shape index (κ2) is 10.3. The molecule has 4 aromatic rings. The Labute approximate surface area is 203 Å². The largest absolute Gasteiger partial charge is 0.424 e. The average Bonchev–Trinajstić information content (AvgIpc) is 3.08. The van der Waals surface area contributed by atoms with Gasteiger partial charge in [0, 0.05) is 29.7 Å². The molecule has 4 rings (SSSR count). The van der Waals surface area contributed by atoms with Crippen LogP contribution in [0.4, 0.5) is 5.69 Å². The van der Waals surface area contributed by atoms with Crippen molar-refractivity contribution in [3.05, 3.63) is 100 Å². The van der Waals surface area contributed by atoms with E-state index in [4.69, 9.17) is 16.3 Å². The zero-order chi connectivity index (χ0) is 24.1. The van der Waals surface area contributed by atoms with Gasteiger partial charge in [0.1, 0.15) is 10.9 Å². The van der Waals surface area contributed by atoms with Gasteiger partial charge in [0.15, 0.2) is 0 Å². The van der Waals surface area contributed by atoms with E-state index in [2.05, 4.69) is 44.6 Å². The van der Waals surface area contributed by atoms with Crippen LogP contribution in [-0.2, 0) is 11.3 Å². The Hall–Kier alpha value is -3.97. The maximum atomic E-state index is 12.5. The SMILES string of the molecule is Cc1ccc(Cn2nc(C)c(C=CC(=O)Nc3ccc(Oc4ncccn4)cc3C)c2Cl)cc1. The number of benzene rings is 2. The van der Waals surface area contributed by atoms with Crippen LogP contribution in [0.5, 0.6) is 11.8 Å². The van der Waals surface area contributed by atoms with Crippen LogP contribution in [-0.4, -0.2) is 25.7 Å². The lowest BCUT2D eigenvalue weighted by molar-refractivity contribution is -0.111. The fraction of sp³-hybridized carbons (Fsp3) is 0.154. The number of anilines is 1. The first-order valence-electron chi connectivity index (χ1n) is 10.7. The number of hydrogen-bond donors (Lipinski definition) is 1. The highest BCUT2D eigenvalue weighted by Crippen LogP contribution is 2.25. The number of halogens is 1. The number of ether oxygens (including phenoxy) is 1. The van der Waals surface area contributed by atoms with Crippen molar-refractivity contribution in [2.75, 3.05) is 5.32 Å². The minimum atomic E-state index is -0.273. The molecule has 34 heavy (non-hydrogen) atoms. The molecule has 0 aliphatic carbocycles. The Morgan fingerprint density at radius 2 is 1.82 bits per heavy atom. The second-order valence-corrected chi connectivity index (χ2v) is 8.22. The number of aryl methyl sites for hydroxylation is 3. The first kappa shape index (κ1) is 23.2. The summed E-state index contributed by atoms with van der Waals surface area (Å²) in [5.74, 6) is 0.311. The Balaban J connectivity index is 1.42. The van der Waals surface area contributed by atoms with Crippen LogP contribution in [0.2, 0.25) is 5.15 Å². The molecule has 1 amide bonds. The number of hydrogen-bond acceptors (Lipinski definition) is 5. The summed E-state index contributed by atoms with van der Waals surface area (Å²) in [5.41, 5.74) is 5.28. The molecule has 0 saturated carbocycles. The summed E-state index contributed by atoms with van der Waals surface area (Å²) < 4.78 is 7.36. The van der Waals surface area contributed by atoms with E-state index in [1.54, 1.807) is 41.4 Å². The fourth-order valence-corrected chi connectivity index (χ4v) is 3.64. The number of nitrogens with one attached hydrogen (secondary N) is 1. The van der Waals surface area contributed by atoms with Gasteiger partial charge in [-0.2, -0.15) is 5.10 Å². The van der Waals surface area contributed by atoms with Crippen LogP contribution in [0.15, 0.2) is 67.0 Å². The minimum Gasteiger partial charge on any atom is -0.424 e. The number of aromatic nitrogens is 4. The third-order valence-electron chi connectivity index (χ3n) is 5.17. The fourth-order valence-electron chi connectivity index (χ4n) is 3.34. The zero-order valence-electron chi connectivity index (χ0n) is 19.1. The van der Waals surface area contributed by atoms with Gasteiger partial charge in [0.2, 0.25) is 5.91 Å². The predicted molar refractivity (Wildman–Crippen MR) is 133 cm³/mol. The van der Waals surface area contributed by atoms with Crippen molar-refractivity contribution in [1.29, 1.82) is 0 Å². The van der Waals surface area contributed by atoms with Crippen LogP contribution in [0.3, 0.4) is 0 Å². The van der Waals surface area contributed by atoms with Crippen LogP contribution < -0.4 is 10.1 Å². The standard InChI is InChI=1S/C26H24ClN5O2/c1-17-5-7-20(8-6-17)16-32-25(27)22(19(3)31-32)10-12-24(33)30-23-11-9-21(15-18(23)2)34-26-28-13-4-14-29-26/h4-15H,16H2,1-3H3,(H,30,33). The molecule has 0 spiro atoms. The highest BCUT2D eigenvalue weighted by Gasteiger charge is 2.12. The van der Waals surface area contributed by atoms with Crippen molar-refractivity contribution in [3.63, 3.8) is 0 Å². The van der Waals surface area contributed by atoms with Gasteiger partial charge in [-0.25, -0.2) is 14.6 Å². The van der Waals surface area contributed by atoms with Crippen LogP contribution in [0, 0.1) is 20.8 Å². The van der Waals surface area contributed by atoms with Crippen molar-refractivity contribution >= 4 is 29.3 Å². The average molecular weight is 474 g/mol. The highest BCUT2D eigenvalue weighted by molar-refractivity contribution is 6.31. The molecule has 0 unspecified atom stereocenters. The summed E-state index contributed by atoms with van der Waals surface area (Å²) in [4.78, 5) is 20.6. The van der Waals surface area contributed by atoms with Gasteiger partial charge < -0.3 is 10.1 Å². The number of amides is 1. The highest BCUT2D eigenvalue weighted by atomic mass is 35.5. The lowest BCUT2D eigenvalue weighted by atomic mass is 10.1. The molecule has 0 aliphatic heterocycles. The zero-order valence-corrected chi connectivity index (χ0v) is 19.9. The van der Waals surface area contributed by atoms with E-state index in [1.807, 2.05) is 26.8 Å². The Morgan fingerprint density at radius 3 is 2.53 bits per heavy atom. The molecular weight excluding hydrogens is 450 g/mol. The van der Waals surface area contributed by atoms with E-state index in [-0.39, 0.29) is 11.9 Å². The third kappa shape index (κ3) is 5.68. The summed E-state index contributed by atoms with van der Waals surface area (Å²) in [6.45, 7) is 6.36. The maximum Gasteiger partial charge on any atom is 0.321 e. The quantitative estimate of drug-likeness (QED) is 0.346. The van der Waals surface area contributed by atoms with Gasteiger partial charge in [-0.3, -0.25) is 4.79 Å². The molecule has 0 bridgehead atoms. The van der Waals surface area contributed by atoms with E-state index >= 15 is 0 Å². The summed E-state index contributed by atoms with van der Waals surface area (Å²) in [5, 5.41) is 7.89. The number of carbonyl (C=O) groups excluding carboxylic acids is 1. The Kier molecular flexibility index (Phi) is 7.04. The normalized spacial score (nSPS) is 11.1. The second-order valence-electron chi connectivity index (χ2n) is 7.87. The molecule has 2 aromatic carbocycles. The number of nitrogens with zero attached hydrogens (tertiary/aromatic N) is 4. The van der Waals surface area contributed by atoms with Gasteiger partial charge in [-0.1, -0.05) is 41.4 Å². The number of carbonyl (C=O) groups is 1. The van der Waals surface area contributed by atoms with Crippen molar-refractivity contribution in [2.24, 2.45) is 0 Å². The molecule has 0 fully saturated rings. The molecule has 172 valence electrons. The number of rotatable bonds is 7. The Bertz CT molecular complexity index is 1330. The van der Waals surface area contributed by atoms with Gasteiger partial charge in [0.05, 0.1) is 12.2 Å². The lowest BCUT2D eigenvalue weighted by Gasteiger charge is -2.09.